The fraction of sp³-hybridized carbons (Fsp3) is 0.779. The predicted octanol–water partition coefficient (Wildman–Crippen LogP) is 25.0. The largest absolute Gasteiger partial charge is 0.462 e. The SMILES string of the molecule is CC/C=C\C/C=C\C/C=C\C/C=C\CCCCCCC(=O)OCC(COC(=O)CCCCCCCCCCCCCC/C=C\C/C=C\C/C=C\CCCCCCC)OC(=O)CCCCCCCCCCCCCCCCCCCCCCC. The van der Waals surface area contributed by atoms with Gasteiger partial charge in [0.15, 0.2) is 6.10 Å². The fourth-order valence-electron chi connectivity index (χ4n) is 10.5. The van der Waals surface area contributed by atoms with Crippen molar-refractivity contribution >= 4 is 17.9 Å². The number of carbonyl (C=O) groups is 3. The smallest absolute Gasteiger partial charge is 0.306 e. The predicted molar refractivity (Wildman–Crippen MR) is 362 cm³/mol. The highest BCUT2D eigenvalue weighted by Crippen LogP contribution is 2.18. The van der Waals surface area contributed by atoms with Crippen LogP contribution in [0.15, 0.2) is 85.1 Å². The molecule has 6 heteroatoms. The topological polar surface area (TPSA) is 78.9 Å². The minimum Gasteiger partial charge on any atom is -0.462 e. The minimum absolute atomic E-state index is 0.0822. The highest BCUT2D eigenvalue weighted by molar-refractivity contribution is 5.71. The first kappa shape index (κ1) is 79.6. The van der Waals surface area contributed by atoms with Gasteiger partial charge in [-0.25, -0.2) is 0 Å². The number of ether oxygens (including phenoxy) is 3. The molecule has 0 fully saturated rings. The Morgan fingerprint density at radius 3 is 0.735 bits per heavy atom. The molecule has 0 aromatic heterocycles. The molecule has 0 aliphatic heterocycles. The average Bonchev–Trinajstić information content (AvgIpc) is 3.50. The lowest BCUT2D eigenvalue weighted by molar-refractivity contribution is -0.167. The highest BCUT2D eigenvalue weighted by atomic mass is 16.6. The van der Waals surface area contributed by atoms with Gasteiger partial charge in [-0.15, -0.1) is 0 Å². The van der Waals surface area contributed by atoms with Gasteiger partial charge < -0.3 is 14.2 Å². The van der Waals surface area contributed by atoms with E-state index >= 15 is 0 Å². The second-order valence-corrected chi connectivity index (χ2v) is 24.1. The molecule has 480 valence electrons. The summed E-state index contributed by atoms with van der Waals surface area (Å²) in [5, 5.41) is 0. The van der Waals surface area contributed by atoms with Gasteiger partial charge in [-0.1, -0.05) is 337 Å². The summed E-state index contributed by atoms with van der Waals surface area (Å²) < 4.78 is 17.0. The van der Waals surface area contributed by atoms with Crippen LogP contribution in [0.2, 0.25) is 0 Å². The van der Waals surface area contributed by atoms with Crippen LogP contribution in [-0.2, 0) is 28.6 Å². The van der Waals surface area contributed by atoms with Crippen LogP contribution in [0.4, 0.5) is 0 Å². The molecule has 0 amide bonds. The van der Waals surface area contributed by atoms with Gasteiger partial charge >= 0.3 is 17.9 Å². The van der Waals surface area contributed by atoms with Crippen molar-refractivity contribution < 1.29 is 28.6 Å². The summed E-state index contributed by atoms with van der Waals surface area (Å²) in [6.07, 6.45) is 94.7. The van der Waals surface area contributed by atoms with E-state index < -0.39 is 6.10 Å². The third kappa shape index (κ3) is 69.3. The molecule has 0 aliphatic carbocycles. The first-order valence-electron chi connectivity index (χ1n) is 36.1. The molecule has 6 nitrogen and oxygen atoms in total. The van der Waals surface area contributed by atoms with Crippen LogP contribution in [0.1, 0.15) is 367 Å². The molecule has 0 radical (unpaired) electrons. The number of allylic oxidation sites excluding steroid dienone is 14. The second kappa shape index (κ2) is 71.1. The molecule has 1 atom stereocenters. The normalized spacial score (nSPS) is 12.6. The molecule has 0 bridgehead atoms. The molecule has 0 aromatic rings. The van der Waals surface area contributed by atoms with E-state index in [0.29, 0.717) is 19.3 Å². The van der Waals surface area contributed by atoms with Crippen molar-refractivity contribution in [3.63, 3.8) is 0 Å². The van der Waals surface area contributed by atoms with E-state index in [-0.39, 0.29) is 31.1 Å². The maximum Gasteiger partial charge on any atom is 0.306 e. The Kier molecular flexibility index (Phi) is 68.2. The molecule has 0 aromatic carbocycles. The number of esters is 3. The van der Waals surface area contributed by atoms with E-state index in [4.69, 9.17) is 14.2 Å². The van der Waals surface area contributed by atoms with Crippen molar-refractivity contribution in [1.29, 1.82) is 0 Å². The molecule has 0 saturated heterocycles. The first-order chi connectivity index (χ1) is 41.0. The molecule has 83 heavy (non-hydrogen) atoms. The van der Waals surface area contributed by atoms with Crippen LogP contribution >= 0.6 is 0 Å². The molecule has 0 saturated carbocycles. The monoisotopic (exact) mass is 1160 g/mol. The minimum atomic E-state index is -0.788. The molecular weight excluding hydrogens is 1020 g/mol. The molecule has 0 aliphatic rings. The van der Waals surface area contributed by atoms with Crippen molar-refractivity contribution in [3.8, 4) is 0 Å². The standard InChI is InChI=1S/C77H136O6/c1-4-7-10-13-16-19-22-25-28-31-33-35-36-37-38-39-40-42-43-46-49-52-55-58-61-64-67-70-76(79)82-73-74(72-81-75(78)69-66-63-60-57-54-51-48-45-30-27-24-21-18-15-12-9-6-3)83-77(80)71-68-65-62-59-56-53-50-47-44-41-34-32-29-26-23-20-17-14-11-8-5-2/h9,12,18,21-22,25,27,30-31,33,36-37,48,51,74H,4-8,10-11,13-17,19-20,23-24,26,28-29,32,34-35,38-47,49-50,52-73H2,1-3H3/b12-9-,21-18-,25-22-,30-27-,33-31-,37-36-,51-48-. The third-order valence-electron chi connectivity index (χ3n) is 15.9. The quantitative estimate of drug-likeness (QED) is 0.0261. The van der Waals surface area contributed by atoms with Gasteiger partial charge in [-0.3, -0.25) is 14.4 Å². The third-order valence-corrected chi connectivity index (χ3v) is 15.9. The first-order valence-corrected chi connectivity index (χ1v) is 36.1. The zero-order valence-corrected chi connectivity index (χ0v) is 55.2. The Balaban J connectivity index is 4.33. The average molecular weight is 1160 g/mol. The van der Waals surface area contributed by atoms with E-state index in [1.807, 2.05) is 0 Å². The zero-order valence-electron chi connectivity index (χ0n) is 55.2. The lowest BCUT2D eigenvalue weighted by Gasteiger charge is -2.18. The Morgan fingerprint density at radius 2 is 0.470 bits per heavy atom. The van der Waals surface area contributed by atoms with Gasteiger partial charge in [-0.2, -0.15) is 0 Å². The van der Waals surface area contributed by atoms with E-state index in [1.54, 1.807) is 0 Å². The molecule has 0 rings (SSSR count). The van der Waals surface area contributed by atoms with Gasteiger partial charge in [0.2, 0.25) is 0 Å². The van der Waals surface area contributed by atoms with Crippen LogP contribution < -0.4 is 0 Å². The van der Waals surface area contributed by atoms with E-state index in [2.05, 4.69) is 106 Å². The summed E-state index contributed by atoms with van der Waals surface area (Å²) in [7, 11) is 0. The van der Waals surface area contributed by atoms with E-state index in [0.717, 1.165) is 109 Å². The summed E-state index contributed by atoms with van der Waals surface area (Å²) in [4.78, 5) is 38.5. The summed E-state index contributed by atoms with van der Waals surface area (Å²) in [5.41, 5.74) is 0. The maximum atomic E-state index is 13.0. The number of carbonyl (C=O) groups excluding carboxylic acids is 3. The Bertz CT molecular complexity index is 1570. The van der Waals surface area contributed by atoms with Crippen LogP contribution in [0.5, 0.6) is 0 Å². The van der Waals surface area contributed by atoms with Gasteiger partial charge in [0, 0.05) is 19.3 Å². The Labute approximate surface area is 515 Å². The molecule has 0 spiro atoms. The summed E-state index contributed by atoms with van der Waals surface area (Å²) in [5.74, 6) is -0.887. The molecule has 0 heterocycles. The lowest BCUT2D eigenvalue weighted by atomic mass is 10.0. The number of hydrogen-bond acceptors (Lipinski definition) is 6. The van der Waals surface area contributed by atoms with Crippen molar-refractivity contribution in [1.82, 2.24) is 0 Å². The van der Waals surface area contributed by atoms with Crippen LogP contribution in [0.25, 0.3) is 0 Å². The Morgan fingerprint density at radius 1 is 0.253 bits per heavy atom. The Hall–Kier alpha value is -3.41. The van der Waals surface area contributed by atoms with Crippen LogP contribution in [-0.4, -0.2) is 37.2 Å². The zero-order chi connectivity index (χ0) is 59.9. The fourth-order valence-corrected chi connectivity index (χ4v) is 10.5. The molecule has 1 unspecified atom stereocenters. The van der Waals surface area contributed by atoms with Crippen LogP contribution in [0, 0.1) is 0 Å². The van der Waals surface area contributed by atoms with Crippen molar-refractivity contribution in [2.75, 3.05) is 13.2 Å². The van der Waals surface area contributed by atoms with Crippen molar-refractivity contribution in [3.05, 3.63) is 85.1 Å². The van der Waals surface area contributed by atoms with Crippen LogP contribution in [0.3, 0.4) is 0 Å². The maximum absolute atomic E-state index is 13.0. The van der Waals surface area contributed by atoms with Gasteiger partial charge in [0.25, 0.3) is 0 Å². The van der Waals surface area contributed by atoms with E-state index in [9.17, 15) is 14.4 Å². The number of unbranched alkanes of at least 4 members (excludes halogenated alkanes) is 41. The summed E-state index contributed by atoms with van der Waals surface area (Å²) in [6.45, 7) is 6.55. The number of hydrogen-bond donors (Lipinski definition) is 0. The van der Waals surface area contributed by atoms with Gasteiger partial charge in [-0.05, 0) is 96.3 Å². The van der Waals surface area contributed by atoms with Crippen molar-refractivity contribution in [2.45, 2.75) is 374 Å². The van der Waals surface area contributed by atoms with Crippen molar-refractivity contribution in [2.24, 2.45) is 0 Å². The summed E-state index contributed by atoms with van der Waals surface area (Å²) in [6, 6.07) is 0. The number of rotatable bonds is 66. The lowest BCUT2D eigenvalue weighted by Crippen LogP contribution is -2.30. The summed E-state index contributed by atoms with van der Waals surface area (Å²) >= 11 is 0. The van der Waals surface area contributed by atoms with E-state index in [1.165, 1.54) is 218 Å². The molecule has 0 N–H and O–H groups in total. The highest BCUT2D eigenvalue weighted by Gasteiger charge is 2.19. The van der Waals surface area contributed by atoms with Gasteiger partial charge in [0.1, 0.15) is 13.2 Å². The van der Waals surface area contributed by atoms with Gasteiger partial charge in [0.05, 0.1) is 0 Å². The molecular formula is C77H136O6. The second-order valence-electron chi connectivity index (χ2n) is 24.1.